The Hall–Kier alpha value is -1.99. The Balaban J connectivity index is 1.94. The third-order valence-electron chi connectivity index (χ3n) is 3.46. The van der Waals surface area contributed by atoms with E-state index >= 15 is 0 Å². The van der Waals surface area contributed by atoms with Crippen molar-refractivity contribution in [2.75, 3.05) is 31.7 Å². The van der Waals surface area contributed by atoms with Gasteiger partial charge in [0, 0.05) is 17.7 Å². The van der Waals surface area contributed by atoms with Gasteiger partial charge in [-0.1, -0.05) is 0 Å². The molecule has 1 aromatic carbocycles. The van der Waals surface area contributed by atoms with Crippen molar-refractivity contribution in [3.05, 3.63) is 29.3 Å². The second-order valence-electron chi connectivity index (χ2n) is 4.83. The molecule has 1 aromatic rings. The van der Waals surface area contributed by atoms with Crippen LogP contribution < -0.4 is 10.6 Å². The van der Waals surface area contributed by atoms with Gasteiger partial charge in [0.15, 0.2) is 0 Å². The summed E-state index contributed by atoms with van der Waals surface area (Å²) in [6, 6.07) is 4.73. The number of carbonyl (C=O) groups excluding carboxylic acids is 2. The quantitative estimate of drug-likeness (QED) is 0.869. The van der Waals surface area contributed by atoms with Crippen LogP contribution in [0.1, 0.15) is 22.3 Å². The van der Waals surface area contributed by atoms with E-state index in [0.29, 0.717) is 36.4 Å². The molecule has 2 heterocycles. The molecular formula is C14H15FN2O4. The normalized spacial score (nSPS) is 19.2. The molecule has 6 nitrogen and oxygen atoms in total. The van der Waals surface area contributed by atoms with Gasteiger partial charge in [-0.3, -0.25) is 9.59 Å². The molecule has 2 amide bonds. The van der Waals surface area contributed by atoms with E-state index in [1.165, 1.54) is 0 Å². The van der Waals surface area contributed by atoms with E-state index in [0.717, 1.165) is 0 Å². The van der Waals surface area contributed by atoms with Crippen LogP contribution in [-0.4, -0.2) is 38.2 Å². The molecule has 0 bridgehead atoms. The second kappa shape index (κ2) is 5.42. The number of benzene rings is 1. The number of hydrogen-bond donors (Lipinski definition) is 2. The summed E-state index contributed by atoms with van der Waals surface area (Å²) in [6.07, 6.45) is 0.709. The highest BCUT2D eigenvalue weighted by atomic mass is 19.1. The van der Waals surface area contributed by atoms with Gasteiger partial charge in [0.1, 0.15) is 6.67 Å². The predicted molar refractivity (Wildman–Crippen MR) is 71.6 cm³/mol. The van der Waals surface area contributed by atoms with Crippen molar-refractivity contribution in [3.8, 4) is 0 Å². The lowest BCUT2D eigenvalue weighted by molar-refractivity contribution is -0.255. The van der Waals surface area contributed by atoms with Crippen LogP contribution in [0.5, 0.6) is 0 Å². The molecule has 112 valence electrons. The topological polar surface area (TPSA) is 76.7 Å². The van der Waals surface area contributed by atoms with Gasteiger partial charge < -0.3 is 20.1 Å². The summed E-state index contributed by atoms with van der Waals surface area (Å²) in [6.45, 7) is 0.133. The first kappa shape index (κ1) is 14.0. The van der Waals surface area contributed by atoms with E-state index in [-0.39, 0.29) is 6.54 Å². The first-order chi connectivity index (χ1) is 10.2. The fourth-order valence-electron chi connectivity index (χ4n) is 2.48. The van der Waals surface area contributed by atoms with Crippen LogP contribution in [-0.2, 0) is 20.1 Å². The Kier molecular flexibility index (Phi) is 3.60. The Bertz CT molecular complexity index is 584. The van der Waals surface area contributed by atoms with Crippen LogP contribution >= 0.6 is 0 Å². The van der Waals surface area contributed by atoms with E-state index in [9.17, 15) is 14.0 Å². The summed E-state index contributed by atoms with van der Waals surface area (Å²) >= 11 is 0. The van der Waals surface area contributed by atoms with Crippen LogP contribution in [0.4, 0.5) is 10.1 Å². The molecule has 0 aromatic heterocycles. The molecule has 3 rings (SSSR count). The molecule has 21 heavy (non-hydrogen) atoms. The first-order valence-electron chi connectivity index (χ1n) is 6.75. The van der Waals surface area contributed by atoms with Crippen molar-refractivity contribution < 1.29 is 23.5 Å². The zero-order chi connectivity index (χ0) is 14.9. The molecule has 1 saturated heterocycles. The van der Waals surface area contributed by atoms with E-state index in [1.54, 1.807) is 18.2 Å². The van der Waals surface area contributed by atoms with Gasteiger partial charge in [-0.15, -0.1) is 0 Å². The van der Waals surface area contributed by atoms with Crippen molar-refractivity contribution in [1.82, 2.24) is 5.32 Å². The molecule has 1 spiro atoms. The molecule has 7 heteroatoms. The number of anilines is 1. The van der Waals surface area contributed by atoms with Gasteiger partial charge in [0.25, 0.3) is 17.6 Å². The monoisotopic (exact) mass is 294 g/mol. The fourth-order valence-corrected chi connectivity index (χ4v) is 2.48. The number of alkyl halides is 1. The smallest absolute Gasteiger partial charge is 0.289 e. The summed E-state index contributed by atoms with van der Waals surface area (Å²) in [5.74, 6) is -2.26. The summed E-state index contributed by atoms with van der Waals surface area (Å²) in [5.41, 5.74) is 1.37. The maximum atomic E-state index is 12.1. The van der Waals surface area contributed by atoms with E-state index < -0.39 is 24.3 Å². The lowest BCUT2D eigenvalue weighted by atomic mass is 10.0. The molecule has 2 N–H and O–H groups in total. The van der Waals surface area contributed by atoms with Gasteiger partial charge in [0.05, 0.1) is 18.9 Å². The van der Waals surface area contributed by atoms with E-state index in [2.05, 4.69) is 10.6 Å². The summed E-state index contributed by atoms with van der Waals surface area (Å²) in [4.78, 5) is 24.0. The van der Waals surface area contributed by atoms with Crippen molar-refractivity contribution in [2.24, 2.45) is 0 Å². The molecule has 0 atom stereocenters. The van der Waals surface area contributed by atoms with Gasteiger partial charge in [-0.2, -0.15) is 0 Å². The summed E-state index contributed by atoms with van der Waals surface area (Å²) in [7, 11) is 0. The Morgan fingerprint density at radius 2 is 2.14 bits per heavy atom. The highest BCUT2D eigenvalue weighted by molar-refractivity contribution is 6.05. The van der Waals surface area contributed by atoms with Gasteiger partial charge >= 0.3 is 0 Å². The Labute approximate surface area is 120 Å². The average molecular weight is 294 g/mol. The van der Waals surface area contributed by atoms with Crippen LogP contribution in [0.15, 0.2) is 18.2 Å². The molecule has 0 unspecified atom stereocenters. The predicted octanol–water partition coefficient (Wildman–Crippen LogP) is 0.928. The average Bonchev–Trinajstić information content (AvgIpc) is 2.77. The third kappa shape index (κ3) is 2.28. The van der Waals surface area contributed by atoms with Gasteiger partial charge in [0.2, 0.25) is 0 Å². The van der Waals surface area contributed by atoms with E-state index in [1.807, 2.05) is 0 Å². The minimum absolute atomic E-state index is 0.0504. The lowest BCUT2D eigenvalue weighted by Crippen LogP contribution is -2.43. The largest absolute Gasteiger partial charge is 0.349 e. The summed E-state index contributed by atoms with van der Waals surface area (Å²) < 4.78 is 23.2. The number of rotatable bonds is 3. The third-order valence-corrected chi connectivity index (χ3v) is 3.46. The minimum Gasteiger partial charge on any atom is -0.349 e. The molecule has 2 aliphatic rings. The fraction of sp³-hybridized carbons (Fsp3) is 0.429. The van der Waals surface area contributed by atoms with Crippen molar-refractivity contribution in [2.45, 2.75) is 12.2 Å². The second-order valence-corrected chi connectivity index (χ2v) is 4.83. The maximum absolute atomic E-state index is 12.1. The molecule has 0 aliphatic carbocycles. The summed E-state index contributed by atoms with van der Waals surface area (Å²) in [5, 5.41) is 5.13. The number of halogens is 1. The number of ether oxygens (including phenoxy) is 2. The Morgan fingerprint density at radius 1 is 1.38 bits per heavy atom. The number of hydrogen-bond acceptors (Lipinski definition) is 4. The zero-order valence-corrected chi connectivity index (χ0v) is 11.3. The van der Waals surface area contributed by atoms with Crippen LogP contribution in [0, 0.1) is 0 Å². The molecule has 1 fully saturated rings. The van der Waals surface area contributed by atoms with Crippen LogP contribution in [0.2, 0.25) is 0 Å². The molecular weight excluding hydrogens is 279 g/mol. The molecule has 2 aliphatic heterocycles. The van der Waals surface area contributed by atoms with Gasteiger partial charge in [-0.05, 0) is 24.6 Å². The number of carbonyl (C=O) groups is 2. The number of nitrogens with one attached hydrogen (secondary N) is 2. The highest BCUT2D eigenvalue weighted by Gasteiger charge is 2.51. The zero-order valence-electron chi connectivity index (χ0n) is 11.3. The standard InChI is InChI=1S/C14H15FN2O4/c15-4-5-16-12(18)9-2-3-11-10(8-9)14(13(19)17-11)20-6-1-7-21-14/h2-3,8H,1,4-7H2,(H,16,18)(H,17,19). The van der Waals surface area contributed by atoms with Crippen molar-refractivity contribution >= 4 is 17.5 Å². The Morgan fingerprint density at radius 3 is 2.86 bits per heavy atom. The van der Waals surface area contributed by atoms with E-state index in [4.69, 9.17) is 9.47 Å². The highest BCUT2D eigenvalue weighted by Crippen LogP contribution is 2.42. The number of fused-ring (bicyclic) bond motifs is 2. The van der Waals surface area contributed by atoms with Crippen LogP contribution in [0.3, 0.4) is 0 Å². The van der Waals surface area contributed by atoms with Crippen molar-refractivity contribution in [3.63, 3.8) is 0 Å². The SMILES string of the molecule is O=C(NCCF)c1ccc2c(c1)C1(OCCCO1)C(=O)N2. The maximum Gasteiger partial charge on any atom is 0.289 e. The molecule has 0 saturated carbocycles. The van der Waals surface area contributed by atoms with Crippen molar-refractivity contribution in [1.29, 1.82) is 0 Å². The van der Waals surface area contributed by atoms with Gasteiger partial charge in [-0.25, -0.2) is 4.39 Å². The first-order valence-corrected chi connectivity index (χ1v) is 6.75. The minimum atomic E-state index is -1.47. The van der Waals surface area contributed by atoms with Crippen LogP contribution in [0.25, 0.3) is 0 Å². The lowest BCUT2D eigenvalue weighted by Gasteiger charge is -2.31. The number of amides is 2. The molecule has 0 radical (unpaired) electrons.